The monoisotopic (exact) mass is 371 g/mol. The zero-order valence-electron chi connectivity index (χ0n) is 14.5. The number of aromatic nitrogens is 1. The van der Waals surface area contributed by atoms with Crippen LogP contribution in [0, 0.1) is 17.1 Å². The highest BCUT2D eigenvalue weighted by molar-refractivity contribution is 6.10. The predicted molar refractivity (Wildman–Crippen MR) is 94.2 cm³/mol. The molecule has 0 saturated carbocycles. The van der Waals surface area contributed by atoms with Crippen molar-refractivity contribution in [3.05, 3.63) is 63.3 Å². The number of morpholine rings is 1. The van der Waals surface area contributed by atoms with Gasteiger partial charge in [-0.1, -0.05) is 0 Å². The summed E-state index contributed by atoms with van der Waals surface area (Å²) in [5.74, 6) is -1.70. The normalized spacial score (nSPS) is 14.7. The summed E-state index contributed by atoms with van der Waals surface area (Å²) in [6.07, 6.45) is 1.34. The number of ketones is 1. The average molecular weight is 371 g/mol. The number of nitriles is 1. The van der Waals surface area contributed by atoms with E-state index in [2.05, 4.69) is 4.90 Å². The maximum absolute atomic E-state index is 13.5. The van der Waals surface area contributed by atoms with Crippen LogP contribution in [-0.4, -0.2) is 53.2 Å². The first-order valence-electron chi connectivity index (χ1n) is 8.47. The highest BCUT2D eigenvalue weighted by atomic mass is 19.1. The topological polar surface area (TPSA) is 95.6 Å². The molecule has 1 saturated heterocycles. The molecule has 1 N–H and O–H groups in total. The number of phenolic OH excluding ortho intramolecular Hbond substituents is 1. The first kappa shape index (κ1) is 18.8. The number of carbonyl (C=O) groups excluding carboxylic acids is 1. The number of hydrogen-bond acceptors (Lipinski definition) is 6. The third-order valence-corrected chi connectivity index (χ3v) is 4.43. The molecule has 140 valence electrons. The molecule has 0 atom stereocenters. The minimum Gasteiger partial charge on any atom is -0.507 e. The van der Waals surface area contributed by atoms with E-state index < -0.39 is 17.2 Å². The fraction of sp³-hybridized carbons (Fsp3) is 0.316. The Balaban J connectivity index is 1.91. The van der Waals surface area contributed by atoms with Gasteiger partial charge in [0.25, 0.3) is 5.56 Å². The Morgan fingerprint density at radius 1 is 1.26 bits per heavy atom. The molecule has 0 radical (unpaired) electrons. The molecule has 0 unspecified atom stereocenters. The lowest BCUT2D eigenvalue weighted by atomic mass is 10.0. The number of pyridine rings is 1. The van der Waals surface area contributed by atoms with Crippen molar-refractivity contribution in [2.75, 3.05) is 32.8 Å². The van der Waals surface area contributed by atoms with Gasteiger partial charge in [0.15, 0.2) is 5.78 Å². The standard InChI is InChI=1S/C19H18FN3O4/c20-15-1-2-17(24)16(10-15)18(25)14-9-13(11-21)19(26)23(12-14)4-3-22-5-7-27-8-6-22/h1-2,9-10,12,24H,3-8H2. The second-order valence-corrected chi connectivity index (χ2v) is 6.20. The number of carbonyl (C=O) groups is 1. The van der Waals surface area contributed by atoms with Gasteiger partial charge in [-0.15, -0.1) is 0 Å². The van der Waals surface area contributed by atoms with Gasteiger partial charge in [0.1, 0.15) is 23.2 Å². The van der Waals surface area contributed by atoms with E-state index in [0.29, 0.717) is 26.3 Å². The van der Waals surface area contributed by atoms with E-state index in [1.54, 1.807) is 6.07 Å². The van der Waals surface area contributed by atoms with Crippen LogP contribution in [0.25, 0.3) is 0 Å². The lowest BCUT2D eigenvalue weighted by molar-refractivity contribution is 0.0363. The summed E-state index contributed by atoms with van der Waals surface area (Å²) in [5, 5.41) is 19.1. The van der Waals surface area contributed by atoms with Crippen molar-refractivity contribution < 1.29 is 19.0 Å². The Morgan fingerprint density at radius 2 is 2.00 bits per heavy atom. The van der Waals surface area contributed by atoms with Crippen LogP contribution in [0.3, 0.4) is 0 Å². The summed E-state index contributed by atoms with van der Waals surface area (Å²) >= 11 is 0. The Bertz CT molecular complexity index is 958. The van der Waals surface area contributed by atoms with Crippen molar-refractivity contribution in [1.29, 1.82) is 5.26 Å². The number of rotatable bonds is 5. The van der Waals surface area contributed by atoms with Gasteiger partial charge in [0.2, 0.25) is 0 Å². The molecule has 0 aliphatic carbocycles. The molecular formula is C19H18FN3O4. The van der Waals surface area contributed by atoms with E-state index in [0.717, 1.165) is 31.3 Å². The average Bonchev–Trinajstić information content (AvgIpc) is 2.69. The number of halogens is 1. The molecule has 2 heterocycles. The minimum absolute atomic E-state index is 0.0361. The van der Waals surface area contributed by atoms with Crippen LogP contribution in [0.1, 0.15) is 21.5 Å². The first-order valence-corrected chi connectivity index (χ1v) is 8.47. The molecule has 0 amide bonds. The van der Waals surface area contributed by atoms with Gasteiger partial charge in [-0.05, 0) is 24.3 Å². The van der Waals surface area contributed by atoms with Crippen LogP contribution in [0.4, 0.5) is 4.39 Å². The molecule has 1 aliphatic rings. The van der Waals surface area contributed by atoms with Gasteiger partial charge in [0.05, 0.1) is 18.8 Å². The zero-order chi connectivity index (χ0) is 19.4. The Morgan fingerprint density at radius 3 is 2.70 bits per heavy atom. The predicted octanol–water partition coefficient (Wildman–Crippen LogP) is 1.13. The third kappa shape index (κ3) is 4.22. The van der Waals surface area contributed by atoms with E-state index in [4.69, 9.17) is 4.74 Å². The van der Waals surface area contributed by atoms with Crippen molar-refractivity contribution >= 4 is 5.78 Å². The summed E-state index contributed by atoms with van der Waals surface area (Å²) in [4.78, 5) is 27.2. The molecule has 0 bridgehead atoms. The van der Waals surface area contributed by atoms with Crippen molar-refractivity contribution in [2.45, 2.75) is 6.54 Å². The second-order valence-electron chi connectivity index (χ2n) is 6.20. The molecule has 8 heteroatoms. The van der Waals surface area contributed by atoms with E-state index in [9.17, 15) is 24.3 Å². The van der Waals surface area contributed by atoms with E-state index in [1.165, 1.54) is 16.8 Å². The number of nitrogens with zero attached hydrogens (tertiary/aromatic N) is 3. The van der Waals surface area contributed by atoms with Gasteiger partial charge in [0, 0.05) is 37.9 Å². The molecule has 2 aromatic rings. The number of benzene rings is 1. The number of aromatic hydroxyl groups is 1. The summed E-state index contributed by atoms with van der Waals surface area (Å²) in [6.45, 7) is 3.59. The molecule has 1 aromatic carbocycles. The van der Waals surface area contributed by atoms with Crippen LogP contribution in [0.5, 0.6) is 5.75 Å². The van der Waals surface area contributed by atoms with Crippen LogP contribution >= 0.6 is 0 Å². The van der Waals surface area contributed by atoms with Gasteiger partial charge in [-0.2, -0.15) is 5.26 Å². The Labute approximate surface area is 154 Å². The summed E-state index contributed by atoms with van der Waals surface area (Å²) < 4.78 is 20.0. The van der Waals surface area contributed by atoms with Crippen molar-refractivity contribution in [2.24, 2.45) is 0 Å². The fourth-order valence-electron chi connectivity index (χ4n) is 2.93. The number of phenols is 1. The molecular weight excluding hydrogens is 353 g/mol. The quantitative estimate of drug-likeness (QED) is 0.792. The molecule has 0 spiro atoms. The SMILES string of the molecule is N#Cc1cc(C(=O)c2cc(F)ccc2O)cn(CCN2CCOCC2)c1=O. The number of ether oxygens (including phenoxy) is 1. The smallest absolute Gasteiger partial charge is 0.268 e. The number of hydrogen-bond donors (Lipinski definition) is 1. The van der Waals surface area contributed by atoms with Crippen LogP contribution < -0.4 is 5.56 Å². The van der Waals surface area contributed by atoms with Crippen LogP contribution in [0.15, 0.2) is 35.3 Å². The zero-order valence-corrected chi connectivity index (χ0v) is 14.5. The second kappa shape index (κ2) is 8.12. The summed E-state index contributed by atoms with van der Waals surface area (Å²) in [5.41, 5.74) is -0.865. The first-order chi connectivity index (χ1) is 13.0. The minimum atomic E-state index is -0.669. The summed E-state index contributed by atoms with van der Waals surface area (Å²) in [7, 11) is 0. The van der Waals surface area contributed by atoms with Crippen LogP contribution in [0.2, 0.25) is 0 Å². The highest BCUT2D eigenvalue weighted by Gasteiger charge is 2.18. The van der Waals surface area contributed by atoms with Gasteiger partial charge in [-0.3, -0.25) is 14.5 Å². The van der Waals surface area contributed by atoms with Crippen LogP contribution in [-0.2, 0) is 11.3 Å². The van der Waals surface area contributed by atoms with Gasteiger partial charge < -0.3 is 14.4 Å². The molecule has 27 heavy (non-hydrogen) atoms. The van der Waals surface area contributed by atoms with E-state index in [-0.39, 0.29) is 22.4 Å². The van der Waals surface area contributed by atoms with Crippen molar-refractivity contribution in [3.63, 3.8) is 0 Å². The van der Waals surface area contributed by atoms with Crippen molar-refractivity contribution in [1.82, 2.24) is 9.47 Å². The largest absolute Gasteiger partial charge is 0.507 e. The maximum Gasteiger partial charge on any atom is 0.268 e. The molecule has 1 aliphatic heterocycles. The van der Waals surface area contributed by atoms with Gasteiger partial charge >= 0.3 is 0 Å². The molecule has 3 rings (SSSR count). The third-order valence-electron chi connectivity index (χ3n) is 4.43. The molecule has 7 nitrogen and oxygen atoms in total. The van der Waals surface area contributed by atoms with E-state index in [1.807, 2.05) is 0 Å². The molecule has 1 aromatic heterocycles. The highest BCUT2D eigenvalue weighted by Crippen LogP contribution is 2.21. The maximum atomic E-state index is 13.5. The fourth-order valence-corrected chi connectivity index (χ4v) is 2.93. The molecule has 1 fully saturated rings. The lowest BCUT2D eigenvalue weighted by Crippen LogP contribution is -2.39. The van der Waals surface area contributed by atoms with Gasteiger partial charge in [-0.25, -0.2) is 4.39 Å². The summed E-state index contributed by atoms with van der Waals surface area (Å²) in [6, 6.07) is 6.00. The Kier molecular flexibility index (Phi) is 5.64. The Hall–Kier alpha value is -3.02. The van der Waals surface area contributed by atoms with Crippen molar-refractivity contribution in [3.8, 4) is 11.8 Å². The lowest BCUT2D eigenvalue weighted by Gasteiger charge is -2.26. The van der Waals surface area contributed by atoms with E-state index >= 15 is 0 Å².